The average molecular weight is 437 g/mol. The fourth-order valence-corrected chi connectivity index (χ4v) is 5.44. The first kappa shape index (κ1) is 21.6. The van der Waals surface area contributed by atoms with Crippen molar-refractivity contribution in [3.8, 4) is 5.75 Å². The molecule has 0 atom stereocenters. The molecule has 0 saturated carbocycles. The van der Waals surface area contributed by atoms with Crippen molar-refractivity contribution < 1.29 is 17.9 Å². The molecule has 1 aliphatic rings. The van der Waals surface area contributed by atoms with E-state index in [1.807, 2.05) is 19.1 Å². The van der Waals surface area contributed by atoms with Gasteiger partial charge in [-0.25, -0.2) is 8.42 Å². The number of carbonyl (C=O) groups excluding carboxylic acids is 1. The molecule has 1 heterocycles. The predicted molar refractivity (Wildman–Crippen MR) is 113 cm³/mol. The van der Waals surface area contributed by atoms with Crippen LogP contribution in [0.2, 0.25) is 5.02 Å². The van der Waals surface area contributed by atoms with Gasteiger partial charge >= 0.3 is 0 Å². The number of halogens is 1. The lowest BCUT2D eigenvalue weighted by Crippen LogP contribution is -2.46. The van der Waals surface area contributed by atoms with Gasteiger partial charge in [-0.1, -0.05) is 23.7 Å². The van der Waals surface area contributed by atoms with Gasteiger partial charge in [-0.3, -0.25) is 4.79 Å². The first-order valence-electron chi connectivity index (χ1n) is 9.44. The van der Waals surface area contributed by atoms with E-state index in [1.165, 1.54) is 11.4 Å². The van der Waals surface area contributed by atoms with Crippen molar-refractivity contribution in [1.29, 1.82) is 0 Å². The molecule has 0 unspecified atom stereocenters. The minimum atomic E-state index is -3.55. The number of aryl methyl sites for hydroxylation is 2. The second-order valence-electron chi connectivity index (χ2n) is 7.27. The van der Waals surface area contributed by atoms with Gasteiger partial charge in [0, 0.05) is 24.2 Å². The van der Waals surface area contributed by atoms with Crippen LogP contribution >= 0.6 is 11.6 Å². The average Bonchev–Trinajstić information content (AvgIpc) is 2.70. The Bertz CT molecular complexity index is 1020. The molecule has 2 aromatic carbocycles. The van der Waals surface area contributed by atoms with Crippen molar-refractivity contribution in [3.63, 3.8) is 0 Å². The Morgan fingerprint density at radius 3 is 2.48 bits per heavy atom. The van der Waals surface area contributed by atoms with E-state index in [-0.39, 0.29) is 11.9 Å². The summed E-state index contributed by atoms with van der Waals surface area (Å²) in [4.78, 5) is 13.0. The minimum absolute atomic E-state index is 0.115. The van der Waals surface area contributed by atoms with Gasteiger partial charge in [-0.05, 0) is 62.1 Å². The molecule has 0 aliphatic carbocycles. The number of benzene rings is 2. The summed E-state index contributed by atoms with van der Waals surface area (Å²) in [5, 5.41) is 3.42. The van der Waals surface area contributed by atoms with Crippen molar-refractivity contribution in [3.05, 3.63) is 58.1 Å². The molecule has 1 aliphatic heterocycles. The molecule has 0 bridgehead atoms. The van der Waals surface area contributed by atoms with Crippen LogP contribution in [-0.2, 0) is 10.0 Å². The Morgan fingerprint density at radius 1 is 1.14 bits per heavy atom. The number of piperidine rings is 1. The number of nitrogens with zero attached hydrogens (tertiary/aromatic N) is 1. The largest absolute Gasteiger partial charge is 0.496 e. The van der Waals surface area contributed by atoms with Crippen LogP contribution in [0, 0.1) is 13.8 Å². The lowest BCUT2D eigenvalue weighted by molar-refractivity contribution is 0.0921. The molecule has 1 fully saturated rings. The maximum absolute atomic E-state index is 13.0. The lowest BCUT2D eigenvalue weighted by atomic mass is 10.1. The highest BCUT2D eigenvalue weighted by molar-refractivity contribution is 7.89. The molecule has 1 amide bonds. The van der Waals surface area contributed by atoms with Crippen LogP contribution < -0.4 is 10.1 Å². The van der Waals surface area contributed by atoms with E-state index >= 15 is 0 Å². The monoisotopic (exact) mass is 436 g/mol. The molecule has 0 radical (unpaired) electrons. The van der Waals surface area contributed by atoms with E-state index in [2.05, 4.69) is 5.32 Å². The second kappa shape index (κ2) is 8.73. The number of sulfonamides is 1. The number of ether oxygens (including phenoxy) is 1. The molecule has 0 spiro atoms. The van der Waals surface area contributed by atoms with Gasteiger partial charge in [-0.2, -0.15) is 4.31 Å². The lowest BCUT2D eigenvalue weighted by Gasteiger charge is -2.32. The van der Waals surface area contributed by atoms with Gasteiger partial charge in [0.25, 0.3) is 5.91 Å². The van der Waals surface area contributed by atoms with Crippen LogP contribution in [0.1, 0.15) is 34.3 Å². The number of rotatable bonds is 5. The highest BCUT2D eigenvalue weighted by Crippen LogP contribution is 2.26. The number of methoxy groups -OCH3 is 1. The summed E-state index contributed by atoms with van der Waals surface area (Å²) < 4.78 is 32.8. The van der Waals surface area contributed by atoms with Gasteiger partial charge in [0.15, 0.2) is 0 Å². The number of hydrogen-bond acceptors (Lipinski definition) is 4. The molecular formula is C21H25ClN2O4S. The van der Waals surface area contributed by atoms with Crippen LogP contribution in [0.15, 0.2) is 41.3 Å². The Kier molecular flexibility index (Phi) is 6.51. The summed E-state index contributed by atoms with van der Waals surface area (Å²) in [5.41, 5.74) is 2.01. The van der Waals surface area contributed by atoms with Gasteiger partial charge in [0.1, 0.15) is 5.75 Å². The molecule has 8 heteroatoms. The quantitative estimate of drug-likeness (QED) is 0.777. The standard InChI is InChI=1S/C21H25ClN2O4S/c1-14-4-5-15(2)20(12-14)29(26,27)24-10-8-17(9-11-24)23-21(25)18-13-16(22)6-7-19(18)28-3/h4-7,12-13,17H,8-11H2,1-3H3,(H,23,25). The van der Waals surface area contributed by atoms with E-state index in [1.54, 1.807) is 31.2 Å². The van der Waals surface area contributed by atoms with E-state index in [0.29, 0.717) is 47.2 Å². The molecule has 6 nitrogen and oxygen atoms in total. The summed E-state index contributed by atoms with van der Waals surface area (Å²) in [6, 6.07) is 10.2. The zero-order chi connectivity index (χ0) is 21.2. The number of nitrogens with one attached hydrogen (secondary N) is 1. The Morgan fingerprint density at radius 2 is 1.83 bits per heavy atom. The van der Waals surface area contributed by atoms with Crippen LogP contribution in [0.5, 0.6) is 5.75 Å². The zero-order valence-electron chi connectivity index (χ0n) is 16.7. The maximum Gasteiger partial charge on any atom is 0.255 e. The number of hydrogen-bond donors (Lipinski definition) is 1. The van der Waals surface area contributed by atoms with E-state index < -0.39 is 10.0 Å². The fraction of sp³-hybridized carbons (Fsp3) is 0.381. The van der Waals surface area contributed by atoms with Crippen LogP contribution in [0.4, 0.5) is 0 Å². The van der Waals surface area contributed by atoms with Gasteiger partial charge in [0.2, 0.25) is 10.0 Å². The topological polar surface area (TPSA) is 75.7 Å². The highest BCUT2D eigenvalue weighted by atomic mass is 35.5. The fourth-order valence-electron chi connectivity index (χ4n) is 3.49. The normalized spacial score (nSPS) is 15.9. The Labute approximate surface area is 176 Å². The van der Waals surface area contributed by atoms with Crippen LogP contribution in [0.3, 0.4) is 0 Å². The van der Waals surface area contributed by atoms with Gasteiger partial charge < -0.3 is 10.1 Å². The van der Waals surface area contributed by atoms with Crippen LogP contribution in [0.25, 0.3) is 0 Å². The van der Waals surface area contributed by atoms with Crippen LogP contribution in [-0.4, -0.2) is 44.9 Å². The van der Waals surface area contributed by atoms with E-state index in [9.17, 15) is 13.2 Å². The third kappa shape index (κ3) is 4.74. The highest BCUT2D eigenvalue weighted by Gasteiger charge is 2.31. The van der Waals surface area contributed by atoms with Crippen molar-refractivity contribution in [1.82, 2.24) is 9.62 Å². The summed E-state index contributed by atoms with van der Waals surface area (Å²) >= 11 is 6.00. The number of carbonyl (C=O) groups is 1. The van der Waals surface area contributed by atoms with Gasteiger partial charge in [-0.15, -0.1) is 0 Å². The molecule has 3 rings (SSSR count). The first-order valence-corrected chi connectivity index (χ1v) is 11.3. The van der Waals surface area contributed by atoms with Crippen molar-refractivity contribution in [2.75, 3.05) is 20.2 Å². The second-order valence-corrected chi connectivity index (χ2v) is 9.61. The van der Waals surface area contributed by atoms with Crippen molar-refractivity contribution >= 4 is 27.5 Å². The zero-order valence-corrected chi connectivity index (χ0v) is 18.3. The third-order valence-corrected chi connectivity index (χ3v) is 7.43. The Hall–Kier alpha value is -2.09. The molecule has 29 heavy (non-hydrogen) atoms. The summed E-state index contributed by atoms with van der Waals surface area (Å²) in [7, 11) is -2.06. The summed E-state index contributed by atoms with van der Waals surface area (Å²) in [5.74, 6) is 0.169. The minimum Gasteiger partial charge on any atom is -0.496 e. The predicted octanol–water partition coefficient (Wildman–Crippen LogP) is 3.55. The maximum atomic E-state index is 13.0. The summed E-state index contributed by atoms with van der Waals surface area (Å²) in [6.07, 6.45) is 1.08. The molecule has 1 saturated heterocycles. The van der Waals surface area contributed by atoms with E-state index in [0.717, 1.165) is 11.1 Å². The molecule has 2 aromatic rings. The van der Waals surface area contributed by atoms with Crippen molar-refractivity contribution in [2.24, 2.45) is 0 Å². The SMILES string of the molecule is COc1ccc(Cl)cc1C(=O)NC1CCN(S(=O)(=O)c2cc(C)ccc2C)CC1. The van der Waals surface area contributed by atoms with Crippen molar-refractivity contribution in [2.45, 2.75) is 37.6 Å². The summed E-state index contributed by atoms with van der Waals surface area (Å²) in [6.45, 7) is 4.39. The first-order chi connectivity index (χ1) is 13.7. The molecule has 156 valence electrons. The molecule has 1 N–H and O–H groups in total. The Balaban J connectivity index is 1.67. The molecule has 0 aromatic heterocycles. The molecular weight excluding hydrogens is 412 g/mol. The number of amides is 1. The smallest absolute Gasteiger partial charge is 0.255 e. The van der Waals surface area contributed by atoms with E-state index in [4.69, 9.17) is 16.3 Å². The van der Waals surface area contributed by atoms with Gasteiger partial charge in [0.05, 0.1) is 17.6 Å². The third-order valence-electron chi connectivity index (χ3n) is 5.16.